The molecule has 98 valence electrons. The van der Waals surface area contributed by atoms with Crippen molar-refractivity contribution in [1.82, 2.24) is 5.43 Å². The molecule has 1 unspecified atom stereocenters. The topological polar surface area (TPSA) is 47.3 Å². The van der Waals surface area contributed by atoms with Crippen molar-refractivity contribution in [2.24, 2.45) is 5.84 Å². The molecule has 0 saturated heterocycles. The Labute approximate surface area is 120 Å². The van der Waals surface area contributed by atoms with Crippen molar-refractivity contribution in [3.05, 3.63) is 40.6 Å². The predicted molar refractivity (Wildman–Crippen MR) is 79.2 cm³/mol. The van der Waals surface area contributed by atoms with Gasteiger partial charge >= 0.3 is 0 Å². The average Bonchev–Trinajstić information content (AvgIpc) is 2.41. The zero-order chi connectivity index (χ0) is 12.8. The number of benzene rings is 1. The number of allylic oxidation sites excluding steroid dienone is 1. The summed E-state index contributed by atoms with van der Waals surface area (Å²) in [4.78, 5) is 1.22. The van der Waals surface area contributed by atoms with Gasteiger partial charge in [-0.05, 0) is 37.1 Å². The fraction of sp³-hybridized carbons (Fsp3) is 0.385. The maximum atomic E-state index is 5.64. The van der Waals surface area contributed by atoms with Gasteiger partial charge in [0.05, 0.1) is 12.6 Å². The first-order chi connectivity index (χ1) is 8.79. The van der Waals surface area contributed by atoms with Gasteiger partial charge in [-0.2, -0.15) is 0 Å². The van der Waals surface area contributed by atoms with Crippen molar-refractivity contribution >= 4 is 27.7 Å². The number of nitrogens with two attached hydrogens (primary N) is 1. The quantitative estimate of drug-likeness (QED) is 0.495. The third-order valence-electron chi connectivity index (χ3n) is 2.72. The summed E-state index contributed by atoms with van der Waals surface area (Å²) in [5.74, 6) is 7.44. The summed E-state index contributed by atoms with van der Waals surface area (Å²) in [5, 5.41) is 0. The van der Waals surface area contributed by atoms with E-state index in [4.69, 9.17) is 10.6 Å². The summed E-state index contributed by atoms with van der Waals surface area (Å²) in [6.07, 6.45) is 4.31. The molecule has 0 aromatic heterocycles. The molecular weight excluding hydrogens is 312 g/mol. The Morgan fingerprint density at radius 1 is 1.50 bits per heavy atom. The van der Waals surface area contributed by atoms with Crippen LogP contribution in [0.4, 0.5) is 0 Å². The first-order valence-corrected chi connectivity index (χ1v) is 7.75. The Hall–Kier alpha value is -0.490. The van der Waals surface area contributed by atoms with E-state index in [0.717, 1.165) is 35.4 Å². The molecule has 3 N–H and O–H groups in total. The van der Waals surface area contributed by atoms with Crippen LogP contribution in [0.25, 0.3) is 0 Å². The Morgan fingerprint density at radius 3 is 3.06 bits per heavy atom. The SMILES string of the molecule is NNC(CSc1cccc(Br)c1)C1=CCCCO1. The summed E-state index contributed by atoms with van der Waals surface area (Å²) in [6, 6.07) is 8.34. The van der Waals surface area contributed by atoms with Gasteiger partial charge in [-0.1, -0.05) is 22.0 Å². The molecule has 1 aromatic rings. The fourth-order valence-electron chi connectivity index (χ4n) is 1.77. The monoisotopic (exact) mass is 328 g/mol. The number of hydrazine groups is 1. The Bertz CT molecular complexity index is 425. The van der Waals surface area contributed by atoms with Gasteiger partial charge in [-0.3, -0.25) is 5.84 Å². The van der Waals surface area contributed by atoms with Crippen molar-refractivity contribution in [2.75, 3.05) is 12.4 Å². The highest BCUT2D eigenvalue weighted by Gasteiger charge is 2.16. The van der Waals surface area contributed by atoms with Crippen LogP contribution in [0.15, 0.2) is 45.5 Å². The largest absolute Gasteiger partial charge is 0.497 e. The van der Waals surface area contributed by atoms with Gasteiger partial charge < -0.3 is 4.74 Å². The van der Waals surface area contributed by atoms with Gasteiger partial charge in [0.25, 0.3) is 0 Å². The molecule has 3 nitrogen and oxygen atoms in total. The molecule has 1 aliphatic heterocycles. The summed E-state index contributed by atoms with van der Waals surface area (Å²) in [7, 11) is 0. The van der Waals surface area contributed by atoms with Crippen LogP contribution < -0.4 is 11.3 Å². The molecular formula is C13H17BrN2OS. The number of halogens is 1. The van der Waals surface area contributed by atoms with Gasteiger partial charge in [-0.15, -0.1) is 11.8 Å². The minimum absolute atomic E-state index is 0.0780. The molecule has 0 aliphatic carbocycles. The lowest BCUT2D eigenvalue weighted by atomic mass is 10.2. The third-order valence-corrected chi connectivity index (χ3v) is 4.30. The second-order valence-corrected chi connectivity index (χ2v) is 6.09. The number of ether oxygens (including phenoxy) is 1. The van der Waals surface area contributed by atoms with Crippen LogP contribution in [0.5, 0.6) is 0 Å². The Balaban J connectivity index is 1.92. The number of nitrogens with one attached hydrogen (secondary N) is 1. The molecule has 1 atom stereocenters. The number of thioether (sulfide) groups is 1. The first-order valence-electron chi connectivity index (χ1n) is 5.97. The molecule has 1 aliphatic rings. The van der Waals surface area contributed by atoms with E-state index in [1.165, 1.54) is 4.90 Å². The summed E-state index contributed by atoms with van der Waals surface area (Å²) in [6.45, 7) is 0.797. The molecule has 0 spiro atoms. The highest BCUT2D eigenvalue weighted by Crippen LogP contribution is 2.24. The molecule has 0 bridgehead atoms. The molecule has 18 heavy (non-hydrogen) atoms. The molecule has 2 rings (SSSR count). The molecule has 0 amide bonds. The molecule has 5 heteroatoms. The van der Waals surface area contributed by atoms with Crippen LogP contribution in [0.3, 0.4) is 0 Å². The summed E-state index contributed by atoms with van der Waals surface area (Å²) in [5.41, 5.74) is 2.83. The maximum Gasteiger partial charge on any atom is 0.111 e. The molecule has 1 aromatic carbocycles. The van der Waals surface area contributed by atoms with E-state index in [9.17, 15) is 0 Å². The first kappa shape index (κ1) is 13.9. The highest BCUT2D eigenvalue weighted by molar-refractivity contribution is 9.10. The predicted octanol–water partition coefficient (Wildman–Crippen LogP) is 3.07. The van der Waals surface area contributed by atoms with E-state index in [1.54, 1.807) is 11.8 Å². The van der Waals surface area contributed by atoms with Crippen LogP contribution in [-0.2, 0) is 4.74 Å². The van der Waals surface area contributed by atoms with Crippen molar-refractivity contribution in [3.63, 3.8) is 0 Å². The summed E-state index contributed by atoms with van der Waals surface area (Å²) >= 11 is 5.24. The van der Waals surface area contributed by atoms with Crippen LogP contribution in [-0.4, -0.2) is 18.4 Å². The van der Waals surface area contributed by atoms with Gasteiger partial charge in [0.1, 0.15) is 5.76 Å². The highest BCUT2D eigenvalue weighted by atomic mass is 79.9. The Kier molecular flexibility index (Phi) is 5.56. The van der Waals surface area contributed by atoms with E-state index in [-0.39, 0.29) is 6.04 Å². The lowest BCUT2D eigenvalue weighted by Gasteiger charge is -2.22. The number of hydrogen-bond acceptors (Lipinski definition) is 4. The van der Waals surface area contributed by atoms with Crippen molar-refractivity contribution in [3.8, 4) is 0 Å². The van der Waals surface area contributed by atoms with Gasteiger partial charge in [0.15, 0.2) is 0 Å². The molecule has 0 radical (unpaired) electrons. The lowest BCUT2D eigenvalue weighted by Crippen LogP contribution is -2.39. The second kappa shape index (κ2) is 7.19. The molecule has 0 saturated carbocycles. The van der Waals surface area contributed by atoms with Crippen LogP contribution in [0.1, 0.15) is 12.8 Å². The van der Waals surface area contributed by atoms with Gasteiger partial charge in [0, 0.05) is 15.1 Å². The van der Waals surface area contributed by atoms with Gasteiger partial charge in [0.2, 0.25) is 0 Å². The number of rotatable bonds is 5. The maximum absolute atomic E-state index is 5.64. The lowest BCUT2D eigenvalue weighted by molar-refractivity contribution is 0.172. The van der Waals surface area contributed by atoms with Crippen LogP contribution in [0, 0.1) is 0 Å². The minimum atomic E-state index is 0.0780. The zero-order valence-corrected chi connectivity index (χ0v) is 12.5. The van der Waals surface area contributed by atoms with E-state index in [2.05, 4.69) is 39.6 Å². The van der Waals surface area contributed by atoms with E-state index in [0.29, 0.717) is 0 Å². The fourth-order valence-corrected chi connectivity index (χ4v) is 3.32. The van der Waals surface area contributed by atoms with E-state index in [1.807, 2.05) is 12.1 Å². The smallest absolute Gasteiger partial charge is 0.111 e. The van der Waals surface area contributed by atoms with Crippen LogP contribution >= 0.6 is 27.7 Å². The second-order valence-electron chi connectivity index (χ2n) is 4.08. The Morgan fingerprint density at radius 2 is 2.39 bits per heavy atom. The molecule has 0 fully saturated rings. The van der Waals surface area contributed by atoms with Gasteiger partial charge in [-0.25, -0.2) is 5.43 Å². The third kappa shape index (κ3) is 4.02. The van der Waals surface area contributed by atoms with Crippen molar-refractivity contribution in [2.45, 2.75) is 23.8 Å². The normalized spacial score (nSPS) is 16.9. The molecule has 1 heterocycles. The number of hydrogen-bond donors (Lipinski definition) is 2. The van der Waals surface area contributed by atoms with Crippen LogP contribution in [0.2, 0.25) is 0 Å². The van der Waals surface area contributed by atoms with Crippen molar-refractivity contribution in [1.29, 1.82) is 0 Å². The van der Waals surface area contributed by atoms with E-state index >= 15 is 0 Å². The van der Waals surface area contributed by atoms with Crippen molar-refractivity contribution < 1.29 is 4.74 Å². The standard InChI is InChI=1S/C13H17BrN2OS/c14-10-4-3-5-11(8-10)18-9-12(16-15)13-6-1-2-7-17-13/h3-6,8,12,16H,1-2,7,9,15H2. The summed E-state index contributed by atoms with van der Waals surface area (Å²) < 4.78 is 6.73. The van der Waals surface area contributed by atoms with E-state index < -0.39 is 0 Å². The zero-order valence-electron chi connectivity index (χ0n) is 10.1. The minimum Gasteiger partial charge on any atom is -0.497 e. The average molecular weight is 329 g/mol.